The van der Waals surface area contributed by atoms with Crippen LogP contribution in [0.1, 0.15) is 42.3 Å². The molecule has 1 heterocycles. The molecule has 1 amide bonds. The maximum absolute atomic E-state index is 12.9. The maximum atomic E-state index is 12.9. The number of benzene rings is 2. The van der Waals surface area contributed by atoms with Gasteiger partial charge in [-0.3, -0.25) is 14.7 Å². The minimum Gasteiger partial charge on any atom is -0.497 e. The summed E-state index contributed by atoms with van der Waals surface area (Å²) in [6.45, 7) is 6.58. The average Bonchev–Trinajstić information content (AvgIpc) is 2.80. The molecule has 124 valence electrons. The smallest absolute Gasteiger partial charge is 0.260 e. The fourth-order valence-corrected chi connectivity index (χ4v) is 2.79. The third-order valence-corrected chi connectivity index (χ3v) is 3.82. The van der Waals surface area contributed by atoms with Gasteiger partial charge in [0.15, 0.2) is 0 Å². The molecule has 4 heteroatoms. The molecule has 2 aromatic carbocycles. The van der Waals surface area contributed by atoms with E-state index >= 15 is 0 Å². The van der Waals surface area contributed by atoms with E-state index in [2.05, 4.69) is 0 Å². The summed E-state index contributed by atoms with van der Waals surface area (Å²) in [6.07, 6.45) is 0. The summed E-state index contributed by atoms with van der Waals surface area (Å²) in [5.41, 5.74) is 2.36. The minimum absolute atomic E-state index is 0.00331. The van der Waals surface area contributed by atoms with Crippen molar-refractivity contribution in [3.05, 3.63) is 65.2 Å². The van der Waals surface area contributed by atoms with Gasteiger partial charge in [0.25, 0.3) is 5.91 Å². The van der Waals surface area contributed by atoms with E-state index < -0.39 is 0 Å². The van der Waals surface area contributed by atoms with E-state index in [0.29, 0.717) is 12.1 Å². The van der Waals surface area contributed by atoms with Gasteiger partial charge in [0.2, 0.25) is 0 Å². The second-order valence-corrected chi connectivity index (χ2v) is 6.89. The molecule has 1 aliphatic heterocycles. The first kappa shape index (κ1) is 16.2. The zero-order valence-electron chi connectivity index (χ0n) is 14.5. The Morgan fingerprint density at radius 1 is 1.04 bits per heavy atom. The van der Waals surface area contributed by atoms with Crippen molar-refractivity contribution in [3.8, 4) is 5.75 Å². The molecule has 0 aliphatic carbocycles. The quantitative estimate of drug-likeness (QED) is 0.860. The highest BCUT2D eigenvalue weighted by Crippen LogP contribution is 2.27. The molecule has 0 saturated carbocycles. The van der Waals surface area contributed by atoms with Crippen LogP contribution in [0.25, 0.3) is 0 Å². The van der Waals surface area contributed by atoms with Crippen LogP contribution in [0.15, 0.2) is 53.5 Å². The van der Waals surface area contributed by atoms with Gasteiger partial charge in [-0.1, -0.05) is 30.3 Å². The Morgan fingerprint density at radius 3 is 2.42 bits per heavy atom. The Morgan fingerprint density at radius 2 is 1.75 bits per heavy atom. The highest BCUT2D eigenvalue weighted by Gasteiger charge is 2.34. The van der Waals surface area contributed by atoms with Gasteiger partial charge in [-0.15, -0.1) is 0 Å². The molecule has 0 spiro atoms. The Labute approximate surface area is 142 Å². The lowest BCUT2D eigenvalue weighted by Crippen LogP contribution is -2.32. The van der Waals surface area contributed by atoms with Crippen molar-refractivity contribution in [2.24, 2.45) is 4.99 Å². The number of carbonyl (C=O) groups excluding carboxylic acids is 1. The lowest BCUT2D eigenvalue weighted by atomic mass is 10.1. The third-order valence-electron chi connectivity index (χ3n) is 3.82. The van der Waals surface area contributed by atoms with Crippen LogP contribution < -0.4 is 4.74 Å². The van der Waals surface area contributed by atoms with Gasteiger partial charge in [-0.05, 0) is 44.5 Å². The minimum atomic E-state index is -0.264. The standard InChI is InChI=1S/C20H22N2O2/c1-20(2,3)21-18-16-10-5-6-11-17(16)19(23)22(18)13-14-8-7-9-15(12-14)24-4/h5-12H,13H2,1-4H3. The van der Waals surface area contributed by atoms with Crippen LogP contribution in [-0.4, -0.2) is 29.3 Å². The highest BCUT2D eigenvalue weighted by atomic mass is 16.5. The second kappa shape index (κ2) is 6.11. The fraction of sp³-hybridized carbons (Fsp3) is 0.300. The van der Waals surface area contributed by atoms with Gasteiger partial charge < -0.3 is 4.74 Å². The summed E-state index contributed by atoms with van der Waals surface area (Å²) < 4.78 is 5.28. The molecule has 0 radical (unpaired) electrons. The molecule has 0 bridgehead atoms. The molecular weight excluding hydrogens is 300 g/mol. The van der Waals surface area contributed by atoms with E-state index in [-0.39, 0.29) is 11.4 Å². The van der Waals surface area contributed by atoms with Crippen molar-refractivity contribution in [2.75, 3.05) is 7.11 Å². The van der Waals surface area contributed by atoms with Crippen molar-refractivity contribution in [1.29, 1.82) is 0 Å². The van der Waals surface area contributed by atoms with E-state index in [1.54, 1.807) is 12.0 Å². The molecule has 24 heavy (non-hydrogen) atoms. The molecule has 0 unspecified atom stereocenters. The molecule has 2 aromatic rings. The molecule has 0 aromatic heterocycles. The summed E-state index contributed by atoms with van der Waals surface area (Å²) in [4.78, 5) is 19.4. The van der Waals surface area contributed by atoms with Crippen molar-refractivity contribution < 1.29 is 9.53 Å². The van der Waals surface area contributed by atoms with Crippen molar-refractivity contribution in [3.63, 3.8) is 0 Å². The molecule has 0 N–H and O–H groups in total. The average molecular weight is 322 g/mol. The molecule has 1 aliphatic rings. The van der Waals surface area contributed by atoms with Crippen LogP contribution in [0.5, 0.6) is 5.75 Å². The number of nitrogens with zero attached hydrogens (tertiary/aromatic N) is 2. The Bertz CT molecular complexity index is 803. The summed E-state index contributed by atoms with van der Waals surface area (Å²) in [7, 11) is 1.64. The number of amides is 1. The summed E-state index contributed by atoms with van der Waals surface area (Å²) in [5, 5.41) is 0. The van der Waals surface area contributed by atoms with Crippen molar-refractivity contribution in [2.45, 2.75) is 32.9 Å². The third kappa shape index (κ3) is 3.18. The number of methoxy groups -OCH3 is 1. The molecule has 0 fully saturated rings. The van der Waals surface area contributed by atoms with E-state index in [4.69, 9.17) is 9.73 Å². The predicted molar refractivity (Wildman–Crippen MR) is 95.6 cm³/mol. The van der Waals surface area contributed by atoms with E-state index in [0.717, 1.165) is 22.7 Å². The number of rotatable bonds is 3. The zero-order chi connectivity index (χ0) is 17.3. The molecule has 4 nitrogen and oxygen atoms in total. The van der Waals surface area contributed by atoms with E-state index in [1.165, 1.54) is 0 Å². The van der Waals surface area contributed by atoms with Crippen LogP contribution in [0, 0.1) is 0 Å². The number of hydrogen-bond acceptors (Lipinski definition) is 3. The highest BCUT2D eigenvalue weighted by molar-refractivity contribution is 6.23. The number of amidine groups is 1. The van der Waals surface area contributed by atoms with Gasteiger partial charge in [-0.2, -0.15) is 0 Å². The normalized spacial score (nSPS) is 15.8. The largest absolute Gasteiger partial charge is 0.497 e. The fourth-order valence-electron chi connectivity index (χ4n) is 2.79. The zero-order valence-corrected chi connectivity index (χ0v) is 14.5. The number of aliphatic imine (C=N–C) groups is 1. The van der Waals surface area contributed by atoms with Crippen LogP contribution >= 0.6 is 0 Å². The molecule has 0 atom stereocenters. The van der Waals surface area contributed by atoms with Gasteiger partial charge in [0, 0.05) is 5.56 Å². The lowest BCUT2D eigenvalue weighted by Gasteiger charge is -2.21. The number of hydrogen-bond donors (Lipinski definition) is 0. The van der Waals surface area contributed by atoms with Gasteiger partial charge in [0.1, 0.15) is 11.6 Å². The Hall–Kier alpha value is -2.62. The van der Waals surface area contributed by atoms with Crippen LogP contribution in [0.3, 0.4) is 0 Å². The summed E-state index contributed by atoms with van der Waals surface area (Å²) in [6, 6.07) is 15.4. The van der Waals surface area contributed by atoms with Crippen LogP contribution in [0.2, 0.25) is 0 Å². The number of carbonyl (C=O) groups is 1. The maximum Gasteiger partial charge on any atom is 0.260 e. The second-order valence-electron chi connectivity index (χ2n) is 6.89. The first-order chi connectivity index (χ1) is 11.4. The number of fused-ring (bicyclic) bond motifs is 1. The van der Waals surface area contributed by atoms with E-state index in [1.807, 2.05) is 69.3 Å². The molecule has 0 saturated heterocycles. The number of ether oxygens (including phenoxy) is 1. The lowest BCUT2D eigenvalue weighted by molar-refractivity contribution is 0.0852. The van der Waals surface area contributed by atoms with Crippen LogP contribution in [0.4, 0.5) is 0 Å². The summed E-state index contributed by atoms with van der Waals surface area (Å²) >= 11 is 0. The van der Waals surface area contributed by atoms with E-state index in [9.17, 15) is 4.79 Å². The van der Waals surface area contributed by atoms with Gasteiger partial charge in [-0.25, -0.2) is 0 Å². The molecular formula is C20H22N2O2. The SMILES string of the molecule is COc1cccc(CN2C(=O)c3ccccc3C2=NC(C)(C)C)c1. The molecule has 3 rings (SSSR count). The first-order valence-corrected chi connectivity index (χ1v) is 8.03. The Kier molecular flexibility index (Phi) is 4.14. The monoisotopic (exact) mass is 322 g/mol. The van der Waals surface area contributed by atoms with Gasteiger partial charge >= 0.3 is 0 Å². The Balaban J connectivity index is 2.02. The summed E-state index contributed by atoms with van der Waals surface area (Å²) in [5.74, 6) is 1.52. The van der Waals surface area contributed by atoms with Gasteiger partial charge in [0.05, 0.1) is 24.8 Å². The predicted octanol–water partition coefficient (Wildman–Crippen LogP) is 3.90. The van der Waals surface area contributed by atoms with Crippen molar-refractivity contribution >= 4 is 11.7 Å². The van der Waals surface area contributed by atoms with Crippen molar-refractivity contribution in [1.82, 2.24) is 4.90 Å². The van der Waals surface area contributed by atoms with Crippen LogP contribution in [-0.2, 0) is 6.54 Å². The topological polar surface area (TPSA) is 41.9 Å². The first-order valence-electron chi connectivity index (χ1n) is 8.03.